The van der Waals surface area contributed by atoms with Gasteiger partial charge in [-0.15, -0.1) is 0 Å². The zero-order chi connectivity index (χ0) is 14.7. The number of nitrogens with zero attached hydrogens (tertiary/aromatic N) is 1. The van der Waals surface area contributed by atoms with Crippen LogP contribution in [0.5, 0.6) is 0 Å². The van der Waals surface area contributed by atoms with Crippen LogP contribution in [-0.4, -0.2) is 17.9 Å². The molecule has 1 amide bonds. The molecule has 0 fully saturated rings. The summed E-state index contributed by atoms with van der Waals surface area (Å²) >= 11 is 12.2. The monoisotopic (exact) mass is 309 g/mol. The van der Waals surface area contributed by atoms with Gasteiger partial charge in [0.05, 0.1) is 15.7 Å². The third-order valence-electron chi connectivity index (χ3n) is 2.76. The number of anilines is 2. The lowest BCUT2D eigenvalue weighted by Crippen LogP contribution is -2.15. The minimum absolute atomic E-state index is 0.283. The highest BCUT2D eigenvalue weighted by Crippen LogP contribution is 2.33. The lowest BCUT2D eigenvalue weighted by molar-refractivity contribution is 0.102. The van der Waals surface area contributed by atoms with Crippen molar-refractivity contribution in [1.29, 1.82) is 0 Å². The first-order chi connectivity index (χ1) is 9.52. The molecule has 20 heavy (non-hydrogen) atoms. The fourth-order valence-corrected chi connectivity index (χ4v) is 2.11. The predicted molar refractivity (Wildman–Crippen MR) is 82.9 cm³/mol. The fourth-order valence-electron chi connectivity index (χ4n) is 1.65. The molecule has 0 spiro atoms. The first kappa shape index (κ1) is 14.6. The first-order valence-electron chi connectivity index (χ1n) is 5.93. The van der Waals surface area contributed by atoms with E-state index in [1.807, 2.05) is 6.92 Å². The van der Waals surface area contributed by atoms with Crippen LogP contribution in [0.3, 0.4) is 0 Å². The first-order valence-corrected chi connectivity index (χ1v) is 6.69. The van der Waals surface area contributed by atoms with Crippen LogP contribution < -0.4 is 10.6 Å². The lowest BCUT2D eigenvalue weighted by atomic mass is 10.2. The summed E-state index contributed by atoms with van der Waals surface area (Å²) in [6, 6.07) is 8.61. The van der Waals surface area contributed by atoms with Gasteiger partial charge in [0.2, 0.25) is 0 Å². The Hall–Kier alpha value is -1.78. The summed E-state index contributed by atoms with van der Waals surface area (Å²) in [6.07, 6.45) is 0. The minimum Gasteiger partial charge on any atom is -0.373 e. The standard InChI is InChI=1S/C14H13Cl2N3O/c1-8-6-7-9(15)13(12(8)16)19-14(20)10-4-3-5-11(17-2)18-10/h3-7H,1-2H3,(H,17,18)(H,19,20). The number of pyridine rings is 1. The molecule has 0 aliphatic rings. The molecule has 0 saturated heterocycles. The Morgan fingerprint density at radius 3 is 2.65 bits per heavy atom. The molecule has 2 rings (SSSR count). The van der Waals surface area contributed by atoms with Gasteiger partial charge in [-0.2, -0.15) is 0 Å². The molecular weight excluding hydrogens is 297 g/mol. The maximum Gasteiger partial charge on any atom is 0.274 e. The number of amides is 1. The zero-order valence-electron chi connectivity index (χ0n) is 11.0. The van der Waals surface area contributed by atoms with E-state index in [-0.39, 0.29) is 11.6 Å². The molecule has 0 saturated carbocycles. The van der Waals surface area contributed by atoms with Crippen molar-refractivity contribution in [1.82, 2.24) is 4.98 Å². The second-order valence-corrected chi connectivity index (χ2v) is 4.95. The molecule has 2 aromatic rings. The van der Waals surface area contributed by atoms with Crippen LogP contribution in [-0.2, 0) is 0 Å². The number of carbonyl (C=O) groups excluding carboxylic acids is 1. The molecule has 6 heteroatoms. The van der Waals surface area contributed by atoms with Crippen LogP contribution in [0.2, 0.25) is 10.0 Å². The van der Waals surface area contributed by atoms with Crippen molar-refractivity contribution in [3.8, 4) is 0 Å². The molecule has 1 aromatic carbocycles. The molecule has 4 nitrogen and oxygen atoms in total. The summed E-state index contributed by atoms with van der Waals surface area (Å²) in [5.41, 5.74) is 1.52. The molecule has 1 aromatic heterocycles. The highest BCUT2D eigenvalue weighted by atomic mass is 35.5. The Morgan fingerprint density at radius 2 is 1.95 bits per heavy atom. The van der Waals surface area contributed by atoms with E-state index in [0.717, 1.165) is 5.56 Å². The van der Waals surface area contributed by atoms with Crippen LogP contribution in [0, 0.1) is 6.92 Å². The van der Waals surface area contributed by atoms with Crippen molar-refractivity contribution in [2.45, 2.75) is 6.92 Å². The number of hydrogen-bond donors (Lipinski definition) is 2. The van der Waals surface area contributed by atoms with E-state index in [9.17, 15) is 4.79 Å². The lowest BCUT2D eigenvalue weighted by Gasteiger charge is -2.11. The quantitative estimate of drug-likeness (QED) is 0.901. The number of aromatic nitrogens is 1. The topological polar surface area (TPSA) is 54.0 Å². The number of benzene rings is 1. The van der Waals surface area contributed by atoms with Crippen molar-refractivity contribution >= 4 is 40.6 Å². The molecule has 0 unspecified atom stereocenters. The Balaban J connectivity index is 2.30. The van der Waals surface area contributed by atoms with E-state index in [4.69, 9.17) is 23.2 Å². The molecule has 0 atom stereocenters. The number of nitrogens with one attached hydrogen (secondary N) is 2. The normalized spacial score (nSPS) is 10.2. The number of rotatable bonds is 3. The number of aryl methyl sites for hydroxylation is 1. The van der Waals surface area contributed by atoms with Crippen molar-refractivity contribution in [3.63, 3.8) is 0 Å². The Morgan fingerprint density at radius 1 is 1.20 bits per heavy atom. The third-order valence-corrected chi connectivity index (χ3v) is 3.56. The molecule has 1 heterocycles. The number of carbonyl (C=O) groups is 1. The average molecular weight is 310 g/mol. The van der Waals surface area contributed by atoms with Gasteiger partial charge in [-0.3, -0.25) is 4.79 Å². The van der Waals surface area contributed by atoms with Crippen LogP contribution in [0.15, 0.2) is 30.3 Å². The van der Waals surface area contributed by atoms with Crippen molar-refractivity contribution in [3.05, 3.63) is 51.6 Å². The molecule has 104 valence electrons. The van der Waals surface area contributed by atoms with Gasteiger partial charge in [-0.1, -0.05) is 35.3 Å². The number of halogens is 2. The summed E-state index contributed by atoms with van der Waals surface area (Å²) < 4.78 is 0. The van der Waals surface area contributed by atoms with Gasteiger partial charge in [-0.05, 0) is 30.7 Å². The van der Waals surface area contributed by atoms with Gasteiger partial charge in [0.15, 0.2) is 0 Å². The maximum absolute atomic E-state index is 12.2. The third kappa shape index (κ3) is 3.03. The van der Waals surface area contributed by atoms with Crippen molar-refractivity contribution in [2.75, 3.05) is 17.7 Å². The van der Waals surface area contributed by atoms with E-state index in [1.54, 1.807) is 37.4 Å². The van der Waals surface area contributed by atoms with Crippen LogP contribution in [0.1, 0.15) is 16.1 Å². The minimum atomic E-state index is -0.364. The second-order valence-electron chi connectivity index (χ2n) is 4.17. The van der Waals surface area contributed by atoms with Crippen LogP contribution >= 0.6 is 23.2 Å². The smallest absolute Gasteiger partial charge is 0.274 e. The molecule has 0 radical (unpaired) electrons. The Labute approximate surface area is 127 Å². The summed E-state index contributed by atoms with van der Waals surface area (Å²) in [4.78, 5) is 16.3. The SMILES string of the molecule is CNc1cccc(C(=O)Nc2c(Cl)ccc(C)c2Cl)n1. The molecular formula is C14H13Cl2N3O. The zero-order valence-corrected chi connectivity index (χ0v) is 12.5. The van der Waals surface area contributed by atoms with Gasteiger partial charge in [0.25, 0.3) is 5.91 Å². The Bertz CT molecular complexity index is 659. The van der Waals surface area contributed by atoms with E-state index in [2.05, 4.69) is 15.6 Å². The summed E-state index contributed by atoms with van der Waals surface area (Å²) in [7, 11) is 1.73. The highest BCUT2D eigenvalue weighted by Gasteiger charge is 2.14. The fraction of sp³-hybridized carbons (Fsp3) is 0.143. The number of hydrogen-bond acceptors (Lipinski definition) is 3. The van der Waals surface area contributed by atoms with Crippen molar-refractivity contribution in [2.24, 2.45) is 0 Å². The Kier molecular flexibility index (Phi) is 4.47. The van der Waals surface area contributed by atoms with Gasteiger partial charge < -0.3 is 10.6 Å². The maximum atomic E-state index is 12.2. The summed E-state index contributed by atoms with van der Waals surface area (Å²) in [6.45, 7) is 1.84. The van der Waals surface area contributed by atoms with Crippen molar-refractivity contribution < 1.29 is 4.79 Å². The average Bonchev–Trinajstić information content (AvgIpc) is 2.47. The second kappa shape index (κ2) is 6.11. The van der Waals surface area contributed by atoms with Crippen LogP contribution in [0.4, 0.5) is 11.5 Å². The predicted octanol–water partition coefficient (Wildman–Crippen LogP) is 3.99. The summed E-state index contributed by atoms with van der Waals surface area (Å²) in [5, 5.41) is 6.38. The van der Waals surface area contributed by atoms with Gasteiger partial charge in [0.1, 0.15) is 11.5 Å². The molecule has 2 N–H and O–H groups in total. The van der Waals surface area contributed by atoms with E-state index < -0.39 is 0 Å². The van der Waals surface area contributed by atoms with E-state index in [0.29, 0.717) is 21.6 Å². The molecule has 0 aliphatic carbocycles. The van der Waals surface area contributed by atoms with Gasteiger partial charge >= 0.3 is 0 Å². The van der Waals surface area contributed by atoms with E-state index >= 15 is 0 Å². The van der Waals surface area contributed by atoms with Gasteiger partial charge in [0, 0.05) is 7.05 Å². The summed E-state index contributed by atoms with van der Waals surface area (Å²) in [5.74, 6) is 0.246. The van der Waals surface area contributed by atoms with Gasteiger partial charge in [-0.25, -0.2) is 4.98 Å². The molecule has 0 bridgehead atoms. The molecule has 0 aliphatic heterocycles. The van der Waals surface area contributed by atoms with E-state index in [1.165, 1.54) is 0 Å². The van der Waals surface area contributed by atoms with Crippen LogP contribution in [0.25, 0.3) is 0 Å². The highest BCUT2D eigenvalue weighted by molar-refractivity contribution is 6.40. The largest absolute Gasteiger partial charge is 0.373 e.